The number of nitrogens with zero attached hydrogens (tertiary/aromatic N) is 3. The maximum absolute atomic E-state index is 12.7. The molecule has 6 heteroatoms. The van der Waals surface area contributed by atoms with Crippen LogP contribution in [0.25, 0.3) is 11.1 Å². The summed E-state index contributed by atoms with van der Waals surface area (Å²) in [6, 6.07) is 15.1. The van der Waals surface area contributed by atoms with Gasteiger partial charge in [-0.2, -0.15) is 5.10 Å². The Kier molecular flexibility index (Phi) is 5.31. The van der Waals surface area contributed by atoms with E-state index in [9.17, 15) is 4.79 Å². The molecule has 0 spiro atoms. The van der Waals surface area contributed by atoms with Crippen molar-refractivity contribution < 1.29 is 9.53 Å². The number of benzene rings is 2. The van der Waals surface area contributed by atoms with E-state index in [0.29, 0.717) is 12.1 Å². The predicted molar refractivity (Wildman–Crippen MR) is 100 cm³/mol. The van der Waals surface area contributed by atoms with Crippen molar-refractivity contribution in [1.82, 2.24) is 20.1 Å². The van der Waals surface area contributed by atoms with Crippen LogP contribution in [0.3, 0.4) is 0 Å². The van der Waals surface area contributed by atoms with Crippen molar-refractivity contribution in [3.05, 3.63) is 66.2 Å². The second kappa shape index (κ2) is 7.82. The molecule has 0 saturated carbocycles. The van der Waals surface area contributed by atoms with E-state index >= 15 is 0 Å². The quantitative estimate of drug-likeness (QED) is 0.739. The topological polar surface area (TPSA) is 69.0 Å². The molecule has 0 bridgehead atoms. The van der Waals surface area contributed by atoms with Gasteiger partial charge in [-0.15, -0.1) is 0 Å². The van der Waals surface area contributed by atoms with E-state index in [1.807, 2.05) is 56.3 Å². The van der Waals surface area contributed by atoms with Gasteiger partial charge >= 0.3 is 0 Å². The molecule has 0 saturated heterocycles. The predicted octanol–water partition coefficient (Wildman–Crippen LogP) is 3.46. The maximum atomic E-state index is 12.7. The Hall–Kier alpha value is -3.15. The Bertz CT molecular complexity index is 904. The molecular weight excluding hydrogens is 328 g/mol. The van der Waals surface area contributed by atoms with Crippen molar-refractivity contribution in [2.24, 2.45) is 0 Å². The average Bonchev–Trinajstić information content (AvgIpc) is 3.17. The number of amides is 1. The van der Waals surface area contributed by atoms with E-state index < -0.39 is 0 Å². The Balaban J connectivity index is 1.80. The lowest BCUT2D eigenvalue weighted by Gasteiger charge is -2.14. The van der Waals surface area contributed by atoms with Crippen molar-refractivity contribution in [2.45, 2.75) is 26.4 Å². The molecule has 26 heavy (non-hydrogen) atoms. The van der Waals surface area contributed by atoms with Crippen LogP contribution < -0.4 is 10.1 Å². The molecule has 1 amide bonds. The number of aryl methyl sites for hydroxylation is 1. The number of hydrogen-bond acceptors (Lipinski definition) is 4. The highest BCUT2D eigenvalue weighted by atomic mass is 16.5. The van der Waals surface area contributed by atoms with Crippen molar-refractivity contribution in [1.29, 1.82) is 0 Å². The van der Waals surface area contributed by atoms with Crippen molar-refractivity contribution in [3.63, 3.8) is 0 Å². The van der Waals surface area contributed by atoms with Crippen molar-refractivity contribution >= 4 is 5.91 Å². The van der Waals surface area contributed by atoms with Crippen LogP contribution in [0, 0.1) is 0 Å². The number of ether oxygens (including phenoxy) is 1. The lowest BCUT2D eigenvalue weighted by atomic mass is 10.0. The molecule has 134 valence electrons. The summed E-state index contributed by atoms with van der Waals surface area (Å²) in [5.41, 5.74) is 2.55. The number of nitrogens with one attached hydrogen (secondary N) is 1. The number of carbonyl (C=O) groups excluding carboxylic acids is 1. The van der Waals surface area contributed by atoms with Gasteiger partial charge < -0.3 is 10.1 Å². The summed E-state index contributed by atoms with van der Waals surface area (Å²) in [5, 5.41) is 7.14. The van der Waals surface area contributed by atoms with Crippen LogP contribution in [0.4, 0.5) is 0 Å². The highest BCUT2D eigenvalue weighted by Gasteiger charge is 2.16. The van der Waals surface area contributed by atoms with Crippen LogP contribution in [0.2, 0.25) is 0 Å². The molecule has 1 heterocycles. The minimum atomic E-state index is -0.231. The number of aromatic nitrogens is 3. The Morgan fingerprint density at radius 1 is 1.19 bits per heavy atom. The zero-order chi connectivity index (χ0) is 18.5. The fourth-order valence-corrected chi connectivity index (χ4v) is 2.84. The van der Waals surface area contributed by atoms with Crippen LogP contribution in [-0.2, 0) is 6.54 Å². The molecule has 2 aromatic carbocycles. The average molecular weight is 350 g/mol. The summed E-state index contributed by atoms with van der Waals surface area (Å²) in [5.74, 6) is 1.38. The SMILES string of the molecule is CCn1ncnc1[C@H](C)NC(=O)c1cccc(-c2cccc(OC)c2)c1. The standard InChI is InChI=1S/C20H22N4O2/c1-4-24-19(21-13-22-24)14(2)23-20(25)17-9-5-7-15(11-17)16-8-6-10-18(12-16)26-3/h5-14H,4H2,1-3H3,(H,23,25)/t14-/m0/s1. The molecule has 3 rings (SSSR count). The summed E-state index contributed by atoms with van der Waals surface area (Å²) in [7, 11) is 1.64. The van der Waals surface area contributed by atoms with Gasteiger partial charge in [0.15, 0.2) is 0 Å². The number of methoxy groups -OCH3 is 1. The van der Waals surface area contributed by atoms with Gasteiger partial charge in [-0.1, -0.05) is 24.3 Å². The molecule has 0 aliphatic heterocycles. The summed E-state index contributed by atoms with van der Waals surface area (Å²) in [4.78, 5) is 16.9. The van der Waals surface area contributed by atoms with E-state index in [1.54, 1.807) is 17.9 Å². The van der Waals surface area contributed by atoms with Crippen molar-refractivity contribution in [3.8, 4) is 16.9 Å². The molecule has 1 atom stereocenters. The maximum Gasteiger partial charge on any atom is 0.251 e. The van der Waals surface area contributed by atoms with E-state index in [1.165, 1.54) is 6.33 Å². The molecule has 0 unspecified atom stereocenters. The third-order valence-electron chi connectivity index (χ3n) is 4.21. The van der Waals surface area contributed by atoms with E-state index in [-0.39, 0.29) is 11.9 Å². The molecule has 1 N–H and O–H groups in total. The first kappa shape index (κ1) is 17.7. The van der Waals surface area contributed by atoms with Gasteiger partial charge in [-0.25, -0.2) is 9.67 Å². The fraction of sp³-hybridized carbons (Fsp3) is 0.250. The molecule has 3 aromatic rings. The third-order valence-corrected chi connectivity index (χ3v) is 4.21. The number of carbonyl (C=O) groups is 1. The molecule has 6 nitrogen and oxygen atoms in total. The molecule has 1 aromatic heterocycles. The first-order chi connectivity index (χ1) is 12.6. The lowest BCUT2D eigenvalue weighted by molar-refractivity contribution is 0.0937. The second-order valence-electron chi connectivity index (χ2n) is 5.94. The van der Waals surface area contributed by atoms with Gasteiger partial charge in [0.2, 0.25) is 0 Å². The van der Waals surface area contributed by atoms with Crippen LogP contribution in [0.1, 0.15) is 36.1 Å². The molecule has 0 aliphatic carbocycles. The van der Waals surface area contributed by atoms with Gasteiger partial charge in [-0.3, -0.25) is 4.79 Å². The minimum absolute atomic E-state index is 0.145. The van der Waals surface area contributed by atoms with E-state index in [4.69, 9.17) is 4.74 Å². The van der Waals surface area contributed by atoms with Crippen LogP contribution in [-0.4, -0.2) is 27.8 Å². The third kappa shape index (κ3) is 3.74. The first-order valence-electron chi connectivity index (χ1n) is 8.55. The Morgan fingerprint density at radius 2 is 1.92 bits per heavy atom. The lowest BCUT2D eigenvalue weighted by Crippen LogP contribution is -2.28. The minimum Gasteiger partial charge on any atom is -0.497 e. The number of hydrogen-bond donors (Lipinski definition) is 1. The van der Waals surface area contributed by atoms with E-state index in [0.717, 1.165) is 22.7 Å². The highest BCUT2D eigenvalue weighted by Crippen LogP contribution is 2.24. The Morgan fingerprint density at radius 3 is 2.65 bits per heavy atom. The number of rotatable bonds is 6. The van der Waals surface area contributed by atoms with Gasteiger partial charge in [0.1, 0.15) is 17.9 Å². The zero-order valence-electron chi connectivity index (χ0n) is 15.1. The first-order valence-corrected chi connectivity index (χ1v) is 8.55. The second-order valence-corrected chi connectivity index (χ2v) is 5.94. The molecule has 0 radical (unpaired) electrons. The van der Waals surface area contributed by atoms with Crippen LogP contribution >= 0.6 is 0 Å². The van der Waals surface area contributed by atoms with Crippen LogP contribution in [0.15, 0.2) is 54.9 Å². The summed E-state index contributed by atoms with van der Waals surface area (Å²) < 4.78 is 7.05. The monoisotopic (exact) mass is 350 g/mol. The Labute approximate surface area is 152 Å². The largest absolute Gasteiger partial charge is 0.497 e. The van der Waals surface area contributed by atoms with Gasteiger partial charge in [0.05, 0.1) is 13.2 Å². The fourth-order valence-electron chi connectivity index (χ4n) is 2.84. The van der Waals surface area contributed by atoms with Gasteiger partial charge in [0, 0.05) is 12.1 Å². The van der Waals surface area contributed by atoms with E-state index in [2.05, 4.69) is 15.4 Å². The van der Waals surface area contributed by atoms with Crippen LogP contribution in [0.5, 0.6) is 5.75 Å². The highest BCUT2D eigenvalue weighted by molar-refractivity contribution is 5.95. The summed E-state index contributed by atoms with van der Waals surface area (Å²) >= 11 is 0. The molecule has 0 aliphatic rings. The molecule has 0 fully saturated rings. The smallest absolute Gasteiger partial charge is 0.251 e. The van der Waals surface area contributed by atoms with Gasteiger partial charge in [0.25, 0.3) is 5.91 Å². The normalized spacial score (nSPS) is 11.8. The summed E-state index contributed by atoms with van der Waals surface area (Å²) in [6.45, 7) is 4.60. The molecular formula is C20H22N4O2. The zero-order valence-corrected chi connectivity index (χ0v) is 15.1. The summed E-state index contributed by atoms with van der Waals surface area (Å²) in [6.07, 6.45) is 1.50. The van der Waals surface area contributed by atoms with Gasteiger partial charge in [-0.05, 0) is 49.2 Å². The van der Waals surface area contributed by atoms with Crippen molar-refractivity contribution in [2.75, 3.05) is 7.11 Å².